The molecule has 0 spiro atoms. The first-order valence-electron chi connectivity index (χ1n) is 7.59. The van der Waals surface area contributed by atoms with E-state index in [-0.39, 0.29) is 6.54 Å². The predicted octanol–water partition coefficient (Wildman–Crippen LogP) is 4.20. The van der Waals surface area contributed by atoms with Gasteiger partial charge in [0.1, 0.15) is 6.54 Å². The molecule has 3 rings (SSSR count). The largest absolute Gasteiger partial charge is 0.480 e. The number of carboxylic acid groups (broad SMARTS) is 1. The Morgan fingerprint density at radius 1 is 1.33 bits per heavy atom. The van der Waals surface area contributed by atoms with E-state index >= 15 is 0 Å². The first-order valence-corrected chi connectivity index (χ1v) is 8.79. The van der Waals surface area contributed by atoms with Crippen molar-refractivity contribution in [2.45, 2.75) is 42.5 Å². The molecule has 1 aliphatic rings. The molecule has 1 heterocycles. The minimum atomic E-state index is -0.882. The summed E-state index contributed by atoms with van der Waals surface area (Å²) in [5, 5.41) is 22.7. The highest BCUT2D eigenvalue weighted by molar-refractivity contribution is 7.99. The maximum absolute atomic E-state index is 11.2. The summed E-state index contributed by atoms with van der Waals surface area (Å²) < 4.78 is 1.82. The Hall–Kier alpha value is -1.92. The SMILES string of the molecule is Cc1c(Sc2ccc(Cl)cc2)c2c(n1CC(=O)O)CCC/C2=N\O. The highest BCUT2D eigenvalue weighted by Gasteiger charge is 2.28. The van der Waals surface area contributed by atoms with Crippen molar-refractivity contribution in [3.8, 4) is 0 Å². The lowest BCUT2D eigenvalue weighted by atomic mass is 9.96. The monoisotopic (exact) mass is 364 g/mol. The summed E-state index contributed by atoms with van der Waals surface area (Å²) in [5.74, 6) is -0.882. The molecule has 1 aromatic carbocycles. The third kappa shape index (κ3) is 3.16. The second-order valence-corrected chi connectivity index (χ2v) is 7.19. The van der Waals surface area contributed by atoms with E-state index in [0.717, 1.165) is 39.6 Å². The van der Waals surface area contributed by atoms with Crippen molar-refractivity contribution in [1.29, 1.82) is 0 Å². The lowest BCUT2D eigenvalue weighted by Crippen LogP contribution is -2.17. The van der Waals surface area contributed by atoms with Crippen molar-refractivity contribution in [3.05, 3.63) is 46.2 Å². The maximum atomic E-state index is 11.2. The number of carbonyl (C=O) groups is 1. The second kappa shape index (κ2) is 6.91. The molecule has 2 aromatic rings. The minimum Gasteiger partial charge on any atom is -0.480 e. The van der Waals surface area contributed by atoms with Gasteiger partial charge in [0.15, 0.2) is 0 Å². The van der Waals surface area contributed by atoms with E-state index in [0.29, 0.717) is 17.2 Å². The number of oxime groups is 1. The van der Waals surface area contributed by atoms with Gasteiger partial charge >= 0.3 is 5.97 Å². The van der Waals surface area contributed by atoms with Crippen LogP contribution < -0.4 is 0 Å². The molecule has 1 aliphatic carbocycles. The summed E-state index contributed by atoms with van der Waals surface area (Å²) in [7, 11) is 0. The Balaban J connectivity index is 2.11. The Kier molecular flexibility index (Phi) is 4.87. The minimum absolute atomic E-state index is 0.0892. The van der Waals surface area contributed by atoms with Gasteiger partial charge in [-0.15, -0.1) is 0 Å². The number of aliphatic carboxylic acids is 1. The summed E-state index contributed by atoms with van der Waals surface area (Å²) in [6, 6.07) is 7.49. The summed E-state index contributed by atoms with van der Waals surface area (Å²) in [6.45, 7) is 1.82. The molecule has 0 saturated carbocycles. The van der Waals surface area contributed by atoms with Crippen LogP contribution in [0, 0.1) is 6.92 Å². The molecule has 2 N–H and O–H groups in total. The van der Waals surface area contributed by atoms with Gasteiger partial charge < -0.3 is 14.9 Å². The van der Waals surface area contributed by atoms with Gasteiger partial charge in [-0.3, -0.25) is 4.79 Å². The predicted molar refractivity (Wildman–Crippen MR) is 93.6 cm³/mol. The number of nitrogens with zero attached hydrogens (tertiary/aromatic N) is 2. The van der Waals surface area contributed by atoms with Crippen LogP contribution in [0.5, 0.6) is 0 Å². The van der Waals surface area contributed by atoms with E-state index in [4.69, 9.17) is 11.6 Å². The third-order valence-corrected chi connectivity index (χ3v) is 5.60. The third-order valence-electron chi connectivity index (χ3n) is 4.14. The van der Waals surface area contributed by atoms with Crippen molar-refractivity contribution in [2.24, 2.45) is 5.16 Å². The highest BCUT2D eigenvalue weighted by atomic mass is 35.5. The first-order chi connectivity index (χ1) is 11.5. The Labute approximate surface area is 148 Å². The molecule has 1 aromatic heterocycles. The molecular weight excluding hydrogens is 348 g/mol. The zero-order valence-electron chi connectivity index (χ0n) is 13.1. The number of hydrogen-bond acceptors (Lipinski definition) is 4. The second-order valence-electron chi connectivity index (χ2n) is 5.67. The van der Waals surface area contributed by atoms with E-state index in [1.165, 1.54) is 0 Å². The van der Waals surface area contributed by atoms with Gasteiger partial charge in [0.05, 0.1) is 5.71 Å². The highest BCUT2D eigenvalue weighted by Crippen LogP contribution is 2.40. The molecule has 0 saturated heterocycles. The number of rotatable bonds is 4. The number of hydrogen-bond donors (Lipinski definition) is 2. The van der Waals surface area contributed by atoms with Crippen molar-refractivity contribution in [3.63, 3.8) is 0 Å². The Morgan fingerprint density at radius 2 is 2.04 bits per heavy atom. The molecule has 0 amide bonds. The number of aromatic nitrogens is 1. The Morgan fingerprint density at radius 3 is 2.67 bits per heavy atom. The number of benzene rings is 1. The zero-order valence-corrected chi connectivity index (χ0v) is 14.7. The van der Waals surface area contributed by atoms with E-state index < -0.39 is 5.97 Å². The zero-order chi connectivity index (χ0) is 17.3. The molecule has 0 radical (unpaired) electrons. The van der Waals surface area contributed by atoms with E-state index in [2.05, 4.69) is 5.16 Å². The van der Waals surface area contributed by atoms with Gasteiger partial charge in [-0.2, -0.15) is 0 Å². The molecule has 0 atom stereocenters. The fourth-order valence-corrected chi connectivity index (χ4v) is 4.30. The lowest BCUT2D eigenvalue weighted by molar-refractivity contribution is -0.137. The van der Waals surface area contributed by atoms with Gasteiger partial charge in [0.25, 0.3) is 0 Å². The van der Waals surface area contributed by atoms with Gasteiger partial charge in [-0.25, -0.2) is 0 Å². The fourth-order valence-electron chi connectivity index (χ4n) is 3.07. The standard InChI is InChI=1S/C17H17ClN2O3S/c1-10-17(24-12-7-5-11(18)6-8-12)16-13(19-23)3-2-4-14(16)20(10)9-15(21)22/h5-8,23H,2-4,9H2,1H3,(H,21,22)/b19-13+. The van der Waals surface area contributed by atoms with Crippen LogP contribution in [-0.4, -0.2) is 26.6 Å². The fraction of sp³-hybridized carbons (Fsp3) is 0.294. The van der Waals surface area contributed by atoms with Crippen LogP contribution in [0.1, 0.15) is 29.8 Å². The van der Waals surface area contributed by atoms with Crippen LogP contribution in [0.2, 0.25) is 5.02 Å². The smallest absolute Gasteiger partial charge is 0.323 e. The van der Waals surface area contributed by atoms with Gasteiger partial charge in [-0.05, 0) is 50.5 Å². The number of halogens is 1. The maximum Gasteiger partial charge on any atom is 0.323 e. The van der Waals surface area contributed by atoms with Gasteiger partial charge in [0.2, 0.25) is 0 Å². The lowest BCUT2D eigenvalue weighted by Gasteiger charge is -2.16. The molecule has 0 unspecified atom stereocenters. The van der Waals surface area contributed by atoms with Crippen LogP contribution in [-0.2, 0) is 17.8 Å². The summed E-state index contributed by atoms with van der Waals surface area (Å²) in [5.41, 5.74) is 3.32. The van der Waals surface area contributed by atoms with Gasteiger partial charge in [-0.1, -0.05) is 28.5 Å². The van der Waals surface area contributed by atoms with Crippen molar-refractivity contribution >= 4 is 35.0 Å². The van der Waals surface area contributed by atoms with Crippen LogP contribution in [0.25, 0.3) is 0 Å². The van der Waals surface area contributed by atoms with E-state index in [9.17, 15) is 15.1 Å². The normalized spacial score (nSPS) is 15.5. The van der Waals surface area contributed by atoms with Crippen molar-refractivity contribution < 1.29 is 15.1 Å². The molecule has 7 heteroatoms. The average Bonchev–Trinajstić information content (AvgIpc) is 2.82. The molecule has 0 fully saturated rings. The molecule has 0 aliphatic heterocycles. The first kappa shape index (κ1) is 16.9. The van der Waals surface area contributed by atoms with Crippen LogP contribution >= 0.6 is 23.4 Å². The molecular formula is C17H17ClN2O3S. The van der Waals surface area contributed by atoms with Crippen LogP contribution in [0.15, 0.2) is 39.2 Å². The Bertz CT molecular complexity index is 812. The van der Waals surface area contributed by atoms with Crippen LogP contribution in [0.3, 0.4) is 0 Å². The summed E-state index contributed by atoms with van der Waals surface area (Å²) in [4.78, 5) is 13.2. The van der Waals surface area contributed by atoms with E-state index in [1.807, 2.05) is 35.8 Å². The van der Waals surface area contributed by atoms with Crippen molar-refractivity contribution in [2.75, 3.05) is 0 Å². The number of fused-ring (bicyclic) bond motifs is 1. The van der Waals surface area contributed by atoms with E-state index in [1.54, 1.807) is 11.8 Å². The molecule has 126 valence electrons. The molecule has 5 nitrogen and oxygen atoms in total. The summed E-state index contributed by atoms with van der Waals surface area (Å²) >= 11 is 7.48. The van der Waals surface area contributed by atoms with Crippen molar-refractivity contribution in [1.82, 2.24) is 4.57 Å². The average molecular weight is 365 g/mol. The summed E-state index contributed by atoms with van der Waals surface area (Å²) in [6.07, 6.45) is 2.32. The quantitative estimate of drug-likeness (QED) is 0.629. The molecule has 0 bridgehead atoms. The molecule has 24 heavy (non-hydrogen) atoms. The number of carboxylic acids is 1. The topological polar surface area (TPSA) is 74.8 Å². The van der Waals surface area contributed by atoms with Crippen LogP contribution in [0.4, 0.5) is 0 Å². The van der Waals surface area contributed by atoms with Gasteiger partial charge in [0, 0.05) is 31.8 Å².